The molecule has 0 bridgehead atoms. The molecule has 0 unspecified atom stereocenters. The van der Waals surface area contributed by atoms with Gasteiger partial charge in [0.15, 0.2) is 11.2 Å². The van der Waals surface area contributed by atoms with E-state index in [4.69, 9.17) is 14.5 Å². The topological polar surface area (TPSA) is 91.1 Å². The van der Waals surface area contributed by atoms with Crippen molar-refractivity contribution in [2.75, 3.05) is 20.8 Å². The standard InChI is InChI=1S/C19H23BrN4O4/c1-11(2)10-24-17-15(18(25)22-19(24)26)23(7-8-27-3)16(21-17)12-5-6-14(28-4)13(20)9-12/h5-6,9,11H,7-8,10H2,1-4H3,(H,22,25,26). The number of aromatic nitrogens is 4. The number of H-pyrrole nitrogens is 1. The van der Waals surface area contributed by atoms with Crippen molar-refractivity contribution >= 4 is 27.1 Å². The number of ether oxygens (including phenoxy) is 2. The van der Waals surface area contributed by atoms with Crippen molar-refractivity contribution < 1.29 is 9.47 Å². The predicted octanol–water partition coefficient (Wildman–Crippen LogP) is 2.63. The van der Waals surface area contributed by atoms with E-state index in [9.17, 15) is 9.59 Å². The number of aromatic amines is 1. The Bertz CT molecular complexity index is 1110. The molecular weight excluding hydrogens is 428 g/mol. The molecule has 2 heterocycles. The summed E-state index contributed by atoms with van der Waals surface area (Å²) in [5.41, 5.74) is 0.621. The minimum absolute atomic E-state index is 0.217. The third-order valence-corrected chi connectivity index (χ3v) is 4.98. The second-order valence-corrected chi connectivity index (χ2v) is 7.72. The summed E-state index contributed by atoms with van der Waals surface area (Å²) in [6.07, 6.45) is 0. The Balaban J connectivity index is 2.32. The summed E-state index contributed by atoms with van der Waals surface area (Å²) >= 11 is 3.49. The van der Waals surface area contributed by atoms with Gasteiger partial charge in [-0.15, -0.1) is 0 Å². The Kier molecular flexibility index (Phi) is 6.04. The fourth-order valence-electron chi connectivity index (χ4n) is 3.13. The minimum atomic E-state index is -0.456. The maximum absolute atomic E-state index is 12.6. The number of hydrogen-bond donors (Lipinski definition) is 1. The summed E-state index contributed by atoms with van der Waals surface area (Å²) in [5, 5.41) is 0. The lowest BCUT2D eigenvalue weighted by atomic mass is 10.2. The number of rotatable bonds is 7. The van der Waals surface area contributed by atoms with Crippen LogP contribution in [0, 0.1) is 5.92 Å². The molecule has 150 valence electrons. The molecule has 28 heavy (non-hydrogen) atoms. The Labute approximate surface area is 170 Å². The van der Waals surface area contributed by atoms with E-state index in [0.717, 1.165) is 10.0 Å². The summed E-state index contributed by atoms with van der Waals surface area (Å²) in [7, 11) is 3.19. The van der Waals surface area contributed by atoms with Crippen LogP contribution < -0.4 is 16.0 Å². The summed E-state index contributed by atoms with van der Waals surface area (Å²) in [6, 6.07) is 5.57. The molecule has 0 amide bonds. The molecule has 8 nitrogen and oxygen atoms in total. The smallest absolute Gasteiger partial charge is 0.330 e. The van der Waals surface area contributed by atoms with Crippen molar-refractivity contribution in [2.45, 2.75) is 26.9 Å². The van der Waals surface area contributed by atoms with Gasteiger partial charge < -0.3 is 14.0 Å². The fourth-order valence-corrected chi connectivity index (χ4v) is 3.67. The second kappa shape index (κ2) is 8.32. The van der Waals surface area contributed by atoms with Gasteiger partial charge in [0.2, 0.25) is 0 Å². The number of benzene rings is 1. The zero-order chi connectivity index (χ0) is 20.4. The van der Waals surface area contributed by atoms with E-state index in [-0.39, 0.29) is 5.92 Å². The zero-order valence-electron chi connectivity index (χ0n) is 16.3. The number of imidazole rings is 1. The number of nitrogens with zero attached hydrogens (tertiary/aromatic N) is 3. The van der Waals surface area contributed by atoms with Gasteiger partial charge in [-0.2, -0.15) is 0 Å². The first-order valence-electron chi connectivity index (χ1n) is 8.93. The molecule has 1 aromatic carbocycles. The SMILES string of the molecule is COCCn1c(-c2ccc(OC)c(Br)c2)nc2c1c(=O)[nH]c(=O)n2CC(C)C. The van der Waals surface area contributed by atoms with Crippen molar-refractivity contribution in [3.05, 3.63) is 43.5 Å². The maximum Gasteiger partial charge on any atom is 0.330 e. The van der Waals surface area contributed by atoms with Crippen LogP contribution in [0.4, 0.5) is 0 Å². The summed E-state index contributed by atoms with van der Waals surface area (Å²) in [6.45, 7) is 5.30. The number of nitrogens with one attached hydrogen (secondary N) is 1. The molecule has 0 aliphatic rings. The third-order valence-electron chi connectivity index (χ3n) is 4.36. The molecule has 0 aliphatic carbocycles. The molecule has 0 atom stereocenters. The molecule has 0 saturated carbocycles. The van der Waals surface area contributed by atoms with Crippen LogP contribution in [0.25, 0.3) is 22.6 Å². The van der Waals surface area contributed by atoms with Crippen LogP contribution in [-0.4, -0.2) is 39.9 Å². The average Bonchev–Trinajstić information content (AvgIpc) is 3.03. The molecule has 9 heteroatoms. The van der Waals surface area contributed by atoms with Gasteiger partial charge >= 0.3 is 5.69 Å². The highest BCUT2D eigenvalue weighted by Crippen LogP contribution is 2.31. The lowest BCUT2D eigenvalue weighted by Gasteiger charge is -2.10. The van der Waals surface area contributed by atoms with Crippen molar-refractivity contribution in [1.29, 1.82) is 0 Å². The van der Waals surface area contributed by atoms with E-state index in [0.29, 0.717) is 42.4 Å². The molecule has 0 saturated heterocycles. The molecule has 2 aromatic heterocycles. The lowest BCUT2D eigenvalue weighted by Crippen LogP contribution is -2.32. The average molecular weight is 451 g/mol. The summed E-state index contributed by atoms with van der Waals surface area (Å²) in [4.78, 5) is 32.2. The van der Waals surface area contributed by atoms with Crippen LogP contribution in [0.1, 0.15) is 13.8 Å². The van der Waals surface area contributed by atoms with Crippen molar-refractivity contribution in [3.8, 4) is 17.1 Å². The van der Waals surface area contributed by atoms with E-state index in [2.05, 4.69) is 20.9 Å². The van der Waals surface area contributed by atoms with Gasteiger partial charge in [0, 0.05) is 25.8 Å². The molecule has 0 radical (unpaired) electrons. The Morgan fingerprint density at radius 1 is 1.21 bits per heavy atom. The summed E-state index contributed by atoms with van der Waals surface area (Å²) < 4.78 is 14.6. The highest BCUT2D eigenvalue weighted by molar-refractivity contribution is 9.10. The molecule has 1 N–H and O–H groups in total. The van der Waals surface area contributed by atoms with Crippen LogP contribution in [0.2, 0.25) is 0 Å². The molecule has 0 spiro atoms. The van der Waals surface area contributed by atoms with Crippen molar-refractivity contribution in [3.63, 3.8) is 0 Å². The van der Waals surface area contributed by atoms with E-state index >= 15 is 0 Å². The van der Waals surface area contributed by atoms with Crippen LogP contribution in [0.5, 0.6) is 5.75 Å². The fraction of sp³-hybridized carbons (Fsp3) is 0.421. The first kappa shape index (κ1) is 20.3. The van der Waals surface area contributed by atoms with Gasteiger partial charge in [-0.1, -0.05) is 13.8 Å². The van der Waals surface area contributed by atoms with E-state index < -0.39 is 11.2 Å². The Morgan fingerprint density at radius 3 is 2.57 bits per heavy atom. The Morgan fingerprint density at radius 2 is 1.96 bits per heavy atom. The van der Waals surface area contributed by atoms with Crippen LogP contribution >= 0.6 is 15.9 Å². The van der Waals surface area contributed by atoms with Gasteiger partial charge in [0.05, 0.1) is 18.2 Å². The second-order valence-electron chi connectivity index (χ2n) is 6.87. The zero-order valence-corrected chi connectivity index (χ0v) is 17.9. The normalized spacial score (nSPS) is 11.5. The molecule has 0 aliphatic heterocycles. The molecule has 3 rings (SSSR count). The molecule has 3 aromatic rings. The first-order chi connectivity index (χ1) is 13.4. The predicted molar refractivity (Wildman–Crippen MR) is 111 cm³/mol. The summed E-state index contributed by atoms with van der Waals surface area (Å²) in [5.74, 6) is 1.50. The van der Waals surface area contributed by atoms with Crippen LogP contribution in [0.15, 0.2) is 32.3 Å². The lowest BCUT2D eigenvalue weighted by molar-refractivity contribution is 0.188. The maximum atomic E-state index is 12.6. The number of hydrogen-bond acceptors (Lipinski definition) is 5. The molecule has 0 fully saturated rings. The minimum Gasteiger partial charge on any atom is -0.496 e. The van der Waals surface area contributed by atoms with Gasteiger partial charge in [0.1, 0.15) is 11.6 Å². The van der Waals surface area contributed by atoms with E-state index in [1.165, 1.54) is 4.57 Å². The van der Waals surface area contributed by atoms with Gasteiger partial charge in [-0.05, 0) is 40.0 Å². The number of fused-ring (bicyclic) bond motifs is 1. The molecular formula is C19H23BrN4O4. The van der Waals surface area contributed by atoms with Gasteiger partial charge in [0.25, 0.3) is 5.56 Å². The quantitative estimate of drug-likeness (QED) is 0.597. The highest BCUT2D eigenvalue weighted by Gasteiger charge is 2.20. The van der Waals surface area contributed by atoms with E-state index in [1.807, 2.05) is 32.0 Å². The highest BCUT2D eigenvalue weighted by atomic mass is 79.9. The Hall–Kier alpha value is -2.39. The van der Waals surface area contributed by atoms with Gasteiger partial charge in [-0.3, -0.25) is 14.3 Å². The number of halogens is 1. The van der Waals surface area contributed by atoms with Crippen LogP contribution in [0.3, 0.4) is 0 Å². The monoisotopic (exact) mass is 450 g/mol. The van der Waals surface area contributed by atoms with E-state index in [1.54, 1.807) is 18.8 Å². The van der Waals surface area contributed by atoms with Crippen molar-refractivity contribution in [2.24, 2.45) is 5.92 Å². The first-order valence-corrected chi connectivity index (χ1v) is 9.72. The number of methoxy groups -OCH3 is 2. The van der Waals surface area contributed by atoms with Crippen LogP contribution in [-0.2, 0) is 17.8 Å². The largest absolute Gasteiger partial charge is 0.496 e. The third kappa shape index (κ3) is 3.77. The van der Waals surface area contributed by atoms with Gasteiger partial charge in [-0.25, -0.2) is 9.78 Å². The van der Waals surface area contributed by atoms with Crippen molar-refractivity contribution in [1.82, 2.24) is 19.1 Å².